The number of nitrogens with two attached hydrogens (primary N) is 1. The fraction of sp³-hybridized carbons (Fsp3) is 0.562. The second-order valence-electron chi connectivity index (χ2n) is 6.84. The number of aromatic nitrogens is 1. The summed E-state index contributed by atoms with van der Waals surface area (Å²) in [6.45, 7) is 8.80. The summed E-state index contributed by atoms with van der Waals surface area (Å²) in [6.07, 6.45) is 2.20. The molecule has 22 heavy (non-hydrogen) atoms. The van der Waals surface area contributed by atoms with E-state index >= 15 is 0 Å². The van der Waals surface area contributed by atoms with E-state index in [1.807, 2.05) is 9.80 Å². The van der Waals surface area contributed by atoms with Crippen molar-refractivity contribution < 1.29 is 9.59 Å². The van der Waals surface area contributed by atoms with Crippen LogP contribution in [-0.2, 0) is 4.79 Å². The number of amides is 2. The Morgan fingerprint density at radius 3 is 2.41 bits per heavy atom. The highest BCUT2D eigenvalue weighted by molar-refractivity contribution is 5.97. The Morgan fingerprint density at radius 1 is 1.23 bits per heavy atom. The van der Waals surface area contributed by atoms with E-state index in [0.29, 0.717) is 44.0 Å². The first kappa shape index (κ1) is 16.3. The normalized spacial score (nSPS) is 15.8. The van der Waals surface area contributed by atoms with Gasteiger partial charge in [-0.15, -0.1) is 0 Å². The minimum absolute atomic E-state index is 0.00561. The van der Waals surface area contributed by atoms with Crippen molar-refractivity contribution in [3.63, 3.8) is 0 Å². The number of nitrogens with zero attached hydrogens (tertiary/aromatic N) is 3. The number of carbonyl (C=O) groups excluding carboxylic acids is 2. The molecule has 6 heteroatoms. The molecule has 0 saturated carbocycles. The zero-order valence-corrected chi connectivity index (χ0v) is 13.5. The third-order valence-electron chi connectivity index (χ3n) is 3.67. The van der Waals surface area contributed by atoms with Crippen LogP contribution >= 0.6 is 0 Å². The van der Waals surface area contributed by atoms with Gasteiger partial charge in [0, 0.05) is 38.8 Å². The average molecular weight is 304 g/mol. The van der Waals surface area contributed by atoms with Crippen molar-refractivity contribution in [2.75, 3.05) is 31.1 Å². The molecular formula is C16H24N4O2. The van der Waals surface area contributed by atoms with E-state index in [2.05, 4.69) is 25.8 Å². The van der Waals surface area contributed by atoms with Gasteiger partial charge in [-0.1, -0.05) is 20.8 Å². The number of rotatable bonds is 3. The van der Waals surface area contributed by atoms with Gasteiger partial charge in [-0.3, -0.25) is 9.59 Å². The molecule has 0 atom stereocenters. The third kappa shape index (κ3) is 3.96. The zero-order chi connectivity index (χ0) is 16.3. The number of hydrogen-bond acceptors (Lipinski definition) is 4. The van der Waals surface area contributed by atoms with E-state index in [-0.39, 0.29) is 11.3 Å². The van der Waals surface area contributed by atoms with E-state index in [0.717, 1.165) is 0 Å². The smallest absolute Gasteiger partial charge is 0.252 e. The fourth-order valence-electron chi connectivity index (χ4n) is 2.57. The van der Waals surface area contributed by atoms with Crippen LogP contribution in [0.5, 0.6) is 0 Å². The van der Waals surface area contributed by atoms with Crippen LogP contribution in [0.3, 0.4) is 0 Å². The number of anilines is 1. The molecule has 1 aliphatic rings. The molecular weight excluding hydrogens is 280 g/mol. The van der Waals surface area contributed by atoms with Crippen LogP contribution in [0, 0.1) is 5.41 Å². The van der Waals surface area contributed by atoms with E-state index in [1.54, 1.807) is 18.3 Å². The Kier molecular flexibility index (Phi) is 4.68. The van der Waals surface area contributed by atoms with Crippen LogP contribution in [0.2, 0.25) is 0 Å². The predicted molar refractivity (Wildman–Crippen MR) is 85.6 cm³/mol. The number of hydrogen-bond donors (Lipinski definition) is 1. The largest absolute Gasteiger partial charge is 0.365 e. The lowest BCUT2D eigenvalue weighted by molar-refractivity contribution is -0.133. The van der Waals surface area contributed by atoms with Gasteiger partial charge in [-0.2, -0.15) is 0 Å². The summed E-state index contributed by atoms with van der Waals surface area (Å²) in [6, 6.07) is 3.38. The minimum Gasteiger partial charge on any atom is -0.365 e. The SMILES string of the molecule is CC(C)(C)CC(=O)N1CCN(c2ncccc2C(N)=O)CC1. The molecule has 0 bridgehead atoms. The van der Waals surface area contributed by atoms with Gasteiger partial charge in [0.25, 0.3) is 5.91 Å². The van der Waals surface area contributed by atoms with Crippen LogP contribution in [0.25, 0.3) is 0 Å². The van der Waals surface area contributed by atoms with Gasteiger partial charge >= 0.3 is 0 Å². The summed E-state index contributed by atoms with van der Waals surface area (Å²) < 4.78 is 0. The third-order valence-corrected chi connectivity index (χ3v) is 3.67. The molecule has 0 unspecified atom stereocenters. The van der Waals surface area contributed by atoms with Crippen molar-refractivity contribution >= 4 is 17.6 Å². The zero-order valence-electron chi connectivity index (χ0n) is 13.5. The van der Waals surface area contributed by atoms with Crippen LogP contribution in [0.15, 0.2) is 18.3 Å². The lowest BCUT2D eigenvalue weighted by Gasteiger charge is -2.37. The van der Waals surface area contributed by atoms with Crippen LogP contribution in [-0.4, -0.2) is 47.9 Å². The molecule has 1 aromatic rings. The topological polar surface area (TPSA) is 79.5 Å². The molecule has 2 rings (SSSR count). The summed E-state index contributed by atoms with van der Waals surface area (Å²) in [5.74, 6) is 0.315. The molecule has 1 aliphatic heterocycles. The van der Waals surface area contributed by atoms with Gasteiger partial charge in [-0.05, 0) is 17.5 Å². The second-order valence-corrected chi connectivity index (χ2v) is 6.84. The molecule has 0 spiro atoms. The Bertz CT molecular complexity index is 558. The van der Waals surface area contributed by atoms with E-state index in [9.17, 15) is 9.59 Å². The lowest BCUT2D eigenvalue weighted by Crippen LogP contribution is -2.50. The van der Waals surface area contributed by atoms with Gasteiger partial charge in [0.1, 0.15) is 5.82 Å². The molecule has 2 amide bonds. The Hall–Kier alpha value is -2.11. The van der Waals surface area contributed by atoms with Crippen LogP contribution in [0.4, 0.5) is 5.82 Å². The molecule has 0 radical (unpaired) electrons. The highest BCUT2D eigenvalue weighted by Crippen LogP contribution is 2.22. The number of pyridine rings is 1. The summed E-state index contributed by atoms with van der Waals surface area (Å²) >= 11 is 0. The maximum Gasteiger partial charge on any atom is 0.252 e. The van der Waals surface area contributed by atoms with E-state index in [4.69, 9.17) is 5.73 Å². The molecule has 2 heterocycles. The van der Waals surface area contributed by atoms with Crippen molar-refractivity contribution in [1.82, 2.24) is 9.88 Å². The van der Waals surface area contributed by atoms with Crippen molar-refractivity contribution in [2.24, 2.45) is 11.1 Å². The van der Waals surface area contributed by atoms with Gasteiger partial charge < -0.3 is 15.5 Å². The van der Waals surface area contributed by atoms with Crippen LogP contribution in [0.1, 0.15) is 37.6 Å². The van der Waals surface area contributed by atoms with Crippen molar-refractivity contribution in [3.8, 4) is 0 Å². The minimum atomic E-state index is -0.477. The molecule has 120 valence electrons. The maximum absolute atomic E-state index is 12.2. The number of piperazine rings is 1. The molecule has 1 fully saturated rings. The van der Waals surface area contributed by atoms with Gasteiger partial charge in [0.15, 0.2) is 0 Å². The van der Waals surface area contributed by atoms with E-state index in [1.165, 1.54) is 0 Å². The Morgan fingerprint density at radius 2 is 1.86 bits per heavy atom. The molecule has 1 aromatic heterocycles. The number of primary amides is 1. The van der Waals surface area contributed by atoms with Crippen molar-refractivity contribution in [3.05, 3.63) is 23.9 Å². The molecule has 2 N–H and O–H groups in total. The standard InChI is InChI=1S/C16H24N4O2/c1-16(2,3)11-13(21)19-7-9-20(10-8-19)15-12(14(17)22)5-4-6-18-15/h4-6H,7-11H2,1-3H3,(H2,17,22). The van der Waals surface area contributed by atoms with Crippen molar-refractivity contribution in [2.45, 2.75) is 27.2 Å². The Balaban J connectivity index is 2.01. The Labute approximate surface area is 131 Å². The molecule has 6 nitrogen and oxygen atoms in total. The summed E-state index contributed by atoms with van der Waals surface area (Å²) in [4.78, 5) is 31.9. The first-order valence-corrected chi connectivity index (χ1v) is 7.55. The molecule has 0 aliphatic carbocycles. The van der Waals surface area contributed by atoms with Crippen LogP contribution < -0.4 is 10.6 Å². The average Bonchev–Trinajstić information content (AvgIpc) is 2.45. The number of carbonyl (C=O) groups is 2. The van der Waals surface area contributed by atoms with Gasteiger partial charge in [-0.25, -0.2) is 4.98 Å². The first-order valence-electron chi connectivity index (χ1n) is 7.55. The van der Waals surface area contributed by atoms with Crippen molar-refractivity contribution in [1.29, 1.82) is 0 Å². The quantitative estimate of drug-likeness (QED) is 0.912. The van der Waals surface area contributed by atoms with Gasteiger partial charge in [0.2, 0.25) is 5.91 Å². The van der Waals surface area contributed by atoms with Gasteiger partial charge in [0.05, 0.1) is 5.56 Å². The predicted octanol–water partition coefficient (Wildman–Crippen LogP) is 1.27. The monoisotopic (exact) mass is 304 g/mol. The summed E-state index contributed by atoms with van der Waals surface area (Å²) in [5.41, 5.74) is 5.82. The first-order chi connectivity index (χ1) is 10.3. The molecule has 0 aromatic carbocycles. The highest BCUT2D eigenvalue weighted by Gasteiger charge is 2.26. The second kappa shape index (κ2) is 6.34. The molecule has 1 saturated heterocycles. The highest BCUT2D eigenvalue weighted by atomic mass is 16.2. The fourth-order valence-corrected chi connectivity index (χ4v) is 2.57. The maximum atomic E-state index is 12.2. The van der Waals surface area contributed by atoms with E-state index < -0.39 is 5.91 Å². The lowest BCUT2D eigenvalue weighted by atomic mass is 9.91. The summed E-state index contributed by atoms with van der Waals surface area (Å²) in [5, 5.41) is 0. The summed E-state index contributed by atoms with van der Waals surface area (Å²) in [7, 11) is 0.